The van der Waals surface area contributed by atoms with E-state index in [0.29, 0.717) is 19.1 Å². The predicted octanol–water partition coefficient (Wildman–Crippen LogP) is 5.81. The molecule has 0 bridgehead atoms. The third-order valence-electron chi connectivity index (χ3n) is 6.24. The normalized spacial score (nSPS) is 14.7. The van der Waals surface area contributed by atoms with E-state index in [1.54, 1.807) is 6.92 Å². The van der Waals surface area contributed by atoms with Crippen LogP contribution in [0.4, 0.5) is 10.6 Å². The zero-order valence-corrected chi connectivity index (χ0v) is 21.5. The summed E-state index contributed by atoms with van der Waals surface area (Å²) in [4.78, 5) is 23.6. The van der Waals surface area contributed by atoms with E-state index < -0.39 is 6.16 Å². The van der Waals surface area contributed by atoms with Crippen molar-refractivity contribution in [2.24, 2.45) is 5.92 Å². The van der Waals surface area contributed by atoms with E-state index >= 15 is 0 Å². The summed E-state index contributed by atoms with van der Waals surface area (Å²) in [6.07, 6.45) is 3.47. The molecule has 7 nitrogen and oxygen atoms in total. The van der Waals surface area contributed by atoms with Crippen LogP contribution in [0, 0.1) is 33.6 Å². The second kappa shape index (κ2) is 9.71. The number of carbonyl (C=O) groups is 1. The highest BCUT2D eigenvalue weighted by atomic mass is 79.9. The number of aromatic nitrogens is 3. The van der Waals surface area contributed by atoms with Crippen molar-refractivity contribution in [1.82, 2.24) is 14.5 Å². The lowest BCUT2D eigenvalue weighted by molar-refractivity contribution is 0.0447. The van der Waals surface area contributed by atoms with Crippen LogP contribution in [-0.4, -0.2) is 47.0 Å². The van der Waals surface area contributed by atoms with Crippen LogP contribution in [0.3, 0.4) is 0 Å². The zero-order valence-electron chi connectivity index (χ0n) is 19.9. The van der Waals surface area contributed by atoms with E-state index in [0.717, 1.165) is 64.3 Å². The van der Waals surface area contributed by atoms with Crippen molar-refractivity contribution < 1.29 is 14.3 Å². The minimum absolute atomic E-state index is 0.332. The molecule has 3 heterocycles. The average Bonchev–Trinajstić information content (AvgIpc) is 3.07. The summed E-state index contributed by atoms with van der Waals surface area (Å²) < 4.78 is 13.4. The molecule has 0 amide bonds. The molecule has 1 aliphatic rings. The number of aryl methyl sites for hydroxylation is 4. The maximum absolute atomic E-state index is 11.5. The van der Waals surface area contributed by atoms with Crippen LogP contribution in [0.5, 0.6) is 0 Å². The Labute approximate surface area is 203 Å². The fraction of sp³-hybridized carbons (Fsp3) is 0.480. The van der Waals surface area contributed by atoms with Crippen LogP contribution in [0.25, 0.3) is 16.7 Å². The van der Waals surface area contributed by atoms with Crippen LogP contribution < -0.4 is 4.90 Å². The first-order chi connectivity index (χ1) is 15.8. The van der Waals surface area contributed by atoms with Crippen molar-refractivity contribution in [3.8, 4) is 5.69 Å². The van der Waals surface area contributed by atoms with Gasteiger partial charge in [0.15, 0.2) is 5.65 Å². The number of fused-ring (bicyclic) bond motifs is 1. The number of rotatable bonds is 5. The van der Waals surface area contributed by atoms with Gasteiger partial charge in [-0.3, -0.25) is 0 Å². The fourth-order valence-electron chi connectivity index (χ4n) is 4.73. The lowest BCUT2D eigenvalue weighted by atomic mass is 9.97. The number of hydrogen-bond donors (Lipinski definition) is 0. The van der Waals surface area contributed by atoms with Crippen molar-refractivity contribution >= 4 is 38.9 Å². The van der Waals surface area contributed by atoms with Crippen LogP contribution >= 0.6 is 15.9 Å². The van der Waals surface area contributed by atoms with Gasteiger partial charge < -0.3 is 18.9 Å². The van der Waals surface area contributed by atoms with Crippen molar-refractivity contribution in [3.63, 3.8) is 0 Å². The Morgan fingerprint density at radius 3 is 2.36 bits per heavy atom. The molecular weight excluding hydrogens is 484 g/mol. The fourth-order valence-corrected chi connectivity index (χ4v) is 5.42. The van der Waals surface area contributed by atoms with Crippen molar-refractivity contribution in [3.05, 3.63) is 45.3 Å². The lowest BCUT2D eigenvalue weighted by Gasteiger charge is -2.33. The van der Waals surface area contributed by atoms with Gasteiger partial charge in [-0.05, 0) is 82.2 Å². The van der Waals surface area contributed by atoms with E-state index in [9.17, 15) is 4.79 Å². The first kappa shape index (κ1) is 23.5. The van der Waals surface area contributed by atoms with Crippen LogP contribution in [0.2, 0.25) is 0 Å². The third-order valence-corrected chi connectivity index (χ3v) is 6.70. The molecule has 0 aliphatic carbocycles. The standard InChI is InChI=1S/C25H31BrN4O3/c1-6-32-25(31)33-14-19-7-9-29(10-8-19)23-21-17(4)13-30(24(21)28-18(5)27-23)22-15(2)11-20(26)12-16(22)3/h11-13,19H,6-10,14H2,1-5H3. The minimum atomic E-state index is -0.580. The molecule has 8 heteroatoms. The number of nitrogens with zero attached hydrogens (tertiary/aromatic N) is 4. The van der Waals surface area contributed by atoms with Gasteiger partial charge in [-0.2, -0.15) is 0 Å². The third kappa shape index (κ3) is 4.86. The Morgan fingerprint density at radius 2 is 1.73 bits per heavy atom. The van der Waals surface area contributed by atoms with Gasteiger partial charge in [-0.1, -0.05) is 15.9 Å². The highest BCUT2D eigenvalue weighted by molar-refractivity contribution is 9.10. The van der Waals surface area contributed by atoms with Gasteiger partial charge in [0.25, 0.3) is 0 Å². The lowest BCUT2D eigenvalue weighted by Crippen LogP contribution is -2.36. The second-order valence-corrected chi connectivity index (χ2v) is 9.70. The SMILES string of the molecule is CCOC(=O)OCC1CCN(c2nc(C)nc3c2c(C)cn3-c2c(C)cc(Br)cc2C)CC1. The molecule has 1 saturated heterocycles. The Hall–Kier alpha value is -2.61. The zero-order chi connectivity index (χ0) is 23.7. The molecule has 3 aromatic rings. The van der Waals surface area contributed by atoms with Crippen molar-refractivity contribution in [1.29, 1.82) is 0 Å². The molecule has 0 unspecified atom stereocenters. The molecule has 0 saturated carbocycles. The molecule has 1 aromatic carbocycles. The smallest absolute Gasteiger partial charge is 0.435 e. The molecule has 176 valence electrons. The number of benzene rings is 1. The molecule has 33 heavy (non-hydrogen) atoms. The van der Waals surface area contributed by atoms with Gasteiger partial charge in [-0.15, -0.1) is 0 Å². The number of carbonyl (C=O) groups excluding carboxylic acids is 1. The van der Waals surface area contributed by atoms with E-state index in [1.165, 1.54) is 11.1 Å². The van der Waals surface area contributed by atoms with E-state index in [-0.39, 0.29) is 0 Å². The Morgan fingerprint density at radius 1 is 1.06 bits per heavy atom. The van der Waals surface area contributed by atoms with Crippen LogP contribution in [0.15, 0.2) is 22.8 Å². The molecule has 0 spiro atoms. The van der Waals surface area contributed by atoms with Gasteiger partial charge in [0, 0.05) is 23.8 Å². The topological polar surface area (TPSA) is 69.5 Å². The molecule has 1 fully saturated rings. The maximum atomic E-state index is 11.5. The Balaban J connectivity index is 1.63. The summed E-state index contributed by atoms with van der Waals surface area (Å²) >= 11 is 3.61. The summed E-state index contributed by atoms with van der Waals surface area (Å²) in [5.41, 5.74) is 5.65. The summed E-state index contributed by atoms with van der Waals surface area (Å²) in [6, 6.07) is 4.28. The van der Waals surface area contributed by atoms with E-state index in [1.807, 2.05) is 6.92 Å². The molecule has 0 atom stereocenters. The molecule has 2 aromatic heterocycles. The average molecular weight is 515 g/mol. The van der Waals surface area contributed by atoms with Crippen LogP contribution in [0.1, 0.15) is 42.3 Å². The summed E-state index contributed by atoms with van der Waals surface area (Å²) in [7, 11) is 0. The summed E-state index contributed by atoms with van der Waals surface area (Å²) in [5, 5.41) is 1.10. The monoisotopic (exact) mass is 514 g/mol. The quantitative estimate of drug-likeness (QED) is 0.400. The van der Waals surface area contributed by atoms with Gasteiger partial charge >= 0.3 is 6.16 Å². The first-order valence-electron chi connectivity index (χ1n) is 11.5. The summed E-state index contributed by atoms with van der Waals surface area (Å²) in [6.45, 7) is 12.6. The number of ether oxygens (including phenoxy) is 2. The van der Waals surface area contributed by atoms with Gasteiger partial charge in [0.2, 0.25) is 0 Å². The van der Waals surface area contributed by atoms with Crippen molar-refractivity contribution in [2.75, 3.05) is 31.2 Å². The minimum Gasteiger partial charge on any atom is -0.435 e. The van der Waals surface area contributed by atoms with Gasteiger partial charge in [0.1, 0.15) is 11.6 Å². The molecule has 0 radical (unpaired) electrons. The Kier molecular flexibility index (Phi) is 6.93. The van der Waals surface area contributed by atoms with E-state index in [2.05, 4.69) is 64.5 Å². The van der Waals surface area contributed by atoms with Gasteiger partial charge in [0.05, 0.1) is 24.3 Å². The number of piperidine rings is 1. The van der Waals surface area contributed by atoms with Crippen LogP contribution in [-0.2, 0) is 9.47 Å². The number of hydrogen-bond acceptors (Lipinski definition) is 6. The molecule has 1 aliphatic heterocycles. The highest BCUT2D eigenvalue weighted by Gasteiger charge is 2.25. The van der Waals surface area contributed by atoms with Crippen molar-refractivity contribution in [2.45, 2.75) is 47.5 Å². The molecule has 4 rings (SSSR count). The Bertz CT molecular complexity index is 1160. The second-order valence-electron chi connectivity index (χ2n) is 8.79. The number of halogens is 1. The summed E-state index contributed by atoms with van der Waals surface area (Å²) in [5.74, 6) is 2.09. The highest BCUT2D eigenvalue weighted by Crippen LogP contribution is 2.35. The van der Waals surface area contributed by atoms with E-state index in [4.69, 9.17) is 19.4 Å². The van der Waals surface area contributed by atoms with Gasteiger partial charge in [-0.25, -0.2) is 14.8 Å². The maximum Gasteiger partial charge on any atom is 0.508 e. The largest absolute Gasteiger partial charge is 0.508 e. The first-order valence-corrected chi connectivity index (χ1v) is 12.3. The predicted molar refractivity (Wildman–Crippen MR) is 133 cm³/mol. The molecule has 0 N–H and O–H groups in total. The number of anilines is 1. The molecular formula is C25H31BrN4O3.